The fraction of sp³-hybridized carbons (Fsp3) is 0.263. The van der Waals surface area contributed by atoms with E-state index in [1.54, 1.807) is 42.5 Å². The van der Waals surface area contributed by atoms with E-state index in [-0.39, 0.29) is 12.5 Å². The highest BCUT2D eigenvalue weighted by Crippen LogP contribution is 2.31. The van der Waals surface area contributed by atoms with Crippen LogP contribution in [0.15, 0.2) is 42.5 Å². The van der Waals surface area contributed by atoms with Crippen molar-refractivity contribution >= 4 is 23.4 Å². The standard InChI is InChI=1S/C19H22N2O6/c1-24-10-11-27-19(23)21-14-7-4-6-13(12-14)20-18(22)15-8-5-9-16(25-2)17(15)26-3/h4-9,12H,10-11H2,1-3H3,(H,20,22)(H,21,23). The second-order valence-corrected chi connectivity index (χ2v) is 5.33. The average molecular weight is 374 g/mol. The minimum atomic E-state index is -0.606. The lowest BCUT2D eigenvalue weighted by Gasteiger charge is -2.13. The molecule has 0 spiro atoms. The van der Waals surface area contributed by atoms with Gasteiger partial charge in [0.25, 0.3) is 5.91 Å². The maximum atomic E-state index is 12.6. The minimum absolute atomic E-state index is 0.147. The smallest absolute Gasteiger partial charge is 0.411 e. The average Bonchev–Trinajstić information content (AvgIpc) is 2.67. The number of rotatable bonds is 8. The van der Waals surface area contributed by atoms with Crippen LogP contribution < -0.4 is 20.1 Å². The predicted molar refractivity (Wildman–Crippen MR) is 101 cm³/mol. The Morgan fingerprint density at radius 1 is 0.889 bits per heavy atom. The molecule has 2 aromatic carbocycles. The summed E-state index contributed by atoms with van der Waals surface area (Å²) in [6.07, 6.45) is -0.606. The zero-order valence-electron chi connectivity index (χ0n) is 15.4. The summed E-state index contributed by atoms with van der Waals surface area (Å²) in [6.45, 7) is 0.459. The summed E-state index contributed by atoms with van der Waals surface area (Å²) in [5.74, 6) is 0.429. The van der Waals surface area contributed by atoms with E-state index in [0.717, 1.165) is 0 Å². The lowest BCUT2D eigenvalue weighted by atomic mass is 10.1. The molecule has 2 rings (SSSR count). The van der Waals surface area contributed by atoms with Gasteiger partial charge in [-0.2, -0.15) is 0 Å². The molecule has 0 radical (unpaired) electrons. The number of hydrogen-bond donors (Lipinski definition) is 2. The molecule has 0 saturated carbocycles. The molecule has 0 heterocycles. The van der Waals surface area contributed by atoms with E-state index in [9.17, 15) is 9.59 Å². The number of benzene rings is 2. The Labute approximate surface area is 157 Å². The van der Waals surface area contributed by atoms with Gasteiger partial charge in [0.1, 0.15) is 6.61 Å². The van der Waals surface area contributed by atoms with Crippen LogP contribution in [0.3, 0.4) is 0 Å². The van der Waals surface area contributed by atoms with Crippen molar-refractivity contribution in [2.45, 2.75) is 0 Å². The van der Waals surface area contributed by atoms with Crippen molar-refractivity contribution in [2.75, 3.05) is 45.2 Å². The molecular formula is C19H22N2O6. The molecule has 0 aliphatic carbocycles. The number of nitrogens with one attached hydrogen (secondary N) is 2. The van der Waals surface area contributed by atoms with Gasteiger partial charge in [-0.05, 0) is 30.3 Å². The number of anilines is 2. The van der Waals surface area contributed by atoms with Crippen LogP contribution in [-0.4, -0.2) is 46.5 Å². The van der Waals surface area contributed by atoms with Crippen LogP contribution >= 0.6 is 0 Å². The van der Waals surface area contributed by atoms with Crippen LogP contribution in [0.4, 0.5) is 16.2 Å². The summed E-state index contributed by atoms with van der Waals surface area (Å²) in [5.41, 5.74) is 1.31. The largest absolute Gasteiger partial charge is 0.493 e. The number of methoxy groups -OCH3 is 3. The van der Waals surface area contributed by atoms with E-state index in [2.05, 4.69) is 10.6 Å². The van der Waals surface area contributed by atoms with Crippen LogP contribution in [0.2, 0.25) is 0 Å². The molecular weight excluding hydrogens is 352 g/mol. The third-order valence-electron chi connectivity index (χ3n) is 3.54. The van der Waals surface area contributed by atoms with Crippen molar-refractivity contribution in [2.24, 2.45) is 0 Å². The molecule has 0 aromatic heterocycles. The highest BCUT2D eigenvalue weighted by molar-refractivity contribution is 6.07. The first-order chi connectivity index (χ1) is 13.1. The SMILES string of the molecule is COCCOC(=O)Nc1cccc(NC(=O)c2cccc(OC)c2OC)c1. The van der Waals surface area contributed by atoms with Gasteiger partial charge in [-0.15, -0.1) is 0 Å². The molecule has 0 aliphatic heterocycles. The van der Waals surface area contributed by atoms with Crippen molar-refractivity contribution in [3.8, 4) is 11.5 Å². The Bertz CT molecular complexity index is 794. The summed E-state index contributed by atoms with van der Waals surface area (Å²) in [5, 5.41) is 5.35. The van der Waals surface area contributed by atoms with Gasteiger partial charge < -0.3 is 24.3 Å². The van der Waals surface area contributed by atoms with E-state index in [4.69, 9.17) is 18.9 Å². The Morgan fingerprint density at radius 3 is 2.26 bits per heavy atom. The number of hydrogen-bond acceptors (Lipinski definition) is 6. The molecule has 0 unspecified atom stereocenters. The number of carbonyl (C=O) groups excluding carboxylic acids is 2. The van der Waals surface area contributed by atoms with Crippen molar-refractivity contribution in [3.05, 3.63) is 48.0 Å². The van der Waals surface area contributed by atoms with E-state index < -0.39 is 6.09 Å². The summed E-state index contributed by atoms with van der Waals surface area (Å²) >= 11 is 0. The molecule has 2 aromatic rings. The van der Waals surface area contributed by atoms with Crippen molar-refractivity contribution < 1.29 is 28.5 Å². The Kier molecular flexibility index (Phi) is 7.45. The van der Waals surface area contributed by atoms with Crippen LogP contribution in [0.5, 0.6) is 11.5 Å². The van der Waals surface area contributed by atoms with E-state index in [1.165, 1.54) is 21.3 Å². The maximum Gasteiger partial charge on any atom is 0.411 e. The number of para-hydroxylation sites is 1. The zero-order chi connectivity index (χ0) is 19.6. The Hall–Kier alpha value is -3.26. The van der Waals surface area contributed by atoms with Crippen molar-refractivity contribution in [1.29, 1.82) is 0 Å². The van der Waals surface area contributed by atoms with E-state index >= 15 is 0 Å². The van der Waals surface area contributed by atoms with Gasteiger partial charge in [-0.1, -0.05) is 12.1 Å². The predicted octanol–water partition coefficient (Wildman–Crippen LogP) is 3.15. The van der Waals surface area contributed by atoms with Crippen LogP contribution in [0.1, 0.15) is 10.4 Å². The van der Waals surface area contributed by atoms with Crippen LogP contribution in [0, 0.1) is 0 Å². The first-order valence-corrected chi connectivity index (χ1v) is 8.14. The molecule has 2 N–H and O–H groups in total. The van der Waals surface area contributed by atoms with E-state index in [0.29, 0.717) is 35.0 Å². The topological polar surface area (TPSA) is 95.1 Å². The molecule has 0 saturated heterocycles. The first-order valence-electron chi connectivity index (χ1n) is 8.14. The van der Waals surface area contributed by atoms with Gasteiger partial charge in [-0.3, -0.25) is 10.1 Å². The van der Waals surface area contributed by atoms with Gasteiger partial charge in [0, 0.05) is 18.5 Å². The van der Waals surface area contributed by atoms with Crippen molar-refractivity contribution in [1.82, 2.24) is 0 Å². The summed E-state index contributed by atoms with van der Waals surface area (Å²) < 4.78 is 20.2. The minimum Gasteiger partial charge on any atom is -0.493 e. The Morgan fingerprint density at radius 2 is 1.59 bits per heavy atom. The Balaban J connectivity index is 2.08. The first kappa shape index (κ1) is 20.1. The second kappa shape index (κ2) is 10.0. The lowest BCUT2D eigenvalue weighted by Crippen LogP contribution is -2.17. The zero-order valence-corrected chi connectivity index (χ0v) is 15.4. The highest BCUT2D eigenvalue weighted by atomic mass is 16.6. The summed E-state index contributed by atoms with van der Waals surface area (Å²) in [7, 11) is 4.49. The summed E-state index contributed by atoms with van der Waals surface area (Å²) in [6, 6.07) is 11.7. The summed E-state index contributed by atoms with van der Waals surface area (Å²) in [4.78, 5) is 24.3. The molecule has 0 fully saturated rings. The molecule has 0 aliphatic rings. The molecule has 27 heavy (non-hydrogen) atoms. The van der Waals surface area contributed by atoms with Crippen LogP contribution in [0.25, 0.3) is 0 Å². The fourth-order valence-corrected chi connectivity index (χ4v) is 2.31. The van der Waals surface area contributed by atoms with Gasteiger partial charge >= 0.3 is 6.09 Å². The van der Waals surface area contributed by atoms with E-state index in [1.807, 2.05) is 0 Å². The quantitative estimate of drug-likeness (QED) is 0.689. The molecule has 8 heteroatoms. The maximum absolute atomic E-state index is 12.6. The number of amides is 2. The normalized spacial score (nSPS) is 10.0. The van der Waals surface area contributed by atoms with Crippen LogP contribution in [-0.2, 0) is 9.47 Å². The number of ether oxygens (including phenoxy) is 4. The van der Waals surface area contributed by atoms with Gasteiger partial charge in [0.05, 0.1) is 26.4 Å². The fourth-order valence-electron chi connectivity index (χ4n) is 2.31. The second-order valence-electron chi connectivity index (χ2n) is 5.33. The third-order valence-corrected chi connectivity index (χ3v) is 3.54. The molecule has 0 bridgehead atoms. The molecule has 2 amide bonds. The van der Waals surface area contributed by atoms with Gasteiger partial charge in [-0.25, -0.2) is 4.79 Å². The molecule has 8 nitrogen and oxygen atoms in total. The third kappa shape index (κ3) is 5.61. The molecule has 144 valence electrons. The monoisotopic (exact) mass is 374 g/mol. The lowest BCUT2D eigenvalue weighted by molar-refractivity contribution is 0.102. The van der Waals surface area contributed by atoms with Gasteiger partial charge in [0.2, 0.25) is 0 Å². The molecule has 0 atom stereocenters. The number of carbonyl (C=O) groups is 2. The highest BCUT2D eigenvalue weighted by Gasteiger charge is 2.16. The van der Waals surface area contributed by atoms with Crippen molar-refractivity contribution in [3.63, 3.8) is 0 Å². The van der Waals surface area contributed by atoms with Gasteiger partial charge in [0.15, 0.2) is 11.5 Å².